The molecule has 6 nitrogen and oxygen atoms in total. The fourth-order valence-electron chi connectivity index (χ4n) is 2.67. The first kappa shape index (κ1) is 19.6. The Labute approximate surface area is 164 Å². The lowest BCUT2D eigenvalue weighted by Crippen LogP contribution is -2.30. The van der Waals surface area contributed by atoms with Crippen molar-refractivity contribution in [3.63, 3.8) is 0 Å². The highest BCUT2D eigenvalue weighted by atomic mass is 16.5. The zero-order valence-corrected chi connectivity index (χ0v) is 16.8. The molecule has 2 aromatic carbocycles. The van der Waals surface area contributed by atoms with Gasteiger partial charge in [0, 0.05) is 5.56 Å². The molecule has 0 bridgehead atoms. The summed E-state index contributed by atoms with van der Waals surface area (Å²) in [6.07, 6.45) is -0.707. The minimum atomic E-state index is -0.707. The molecule has 0 saturated heterocycles. The van der Waals surface area contributed by atoms with E-state index in [1.54, 1.807) is 6.92 Å². The number of amides is 1. The molecule has 3 aromatic rings. The summed E-state index contributed by atoms with van der Waals surface area (Å²) in [5.74, 6) is 0.742. The van der Waals surface area contributed by atoms with Crippen molar-refractivity contribution in [3.05, 3.63) is 59.7 Å². The van der Waals surface area contributed by atoms with E-state index in [2.05, 4.69) is 36.2 Å². The number of hydrogen-bond acceptors (Lipinski definition) is 5. The number of benzene rings is 2. The van der Waals surface area contributed by atoms with E-state index in [-0.39, 0.29) is 17.3 Å². The van der Waals surface area contributed by atoms with Gasteiger partial charge in [0.2, 0.25) is 0 Å². The zero-order chi connectivity index (χ0) is 20.3. The summed E-state index contributed by atoms with van der Waals surface area (Å²) in [4.78, 5) is 16.6. The van der Waals surface area contributed by atoms with Crippen LogP contribution >= 0.6 is 0 Å². The Morgan fingerprint density at radius 2 is 1.86 bits per heavy atom. The lowest BCUT2D eigenvalue weighted by Gasteiger charge is -2.20. The van der Waals surface area contributed by atoms with Crippen molar-refractivity contribution in [1.29, 1.82) is 0 Å². The number of anilines is 1. The summed E-state index contributed by atoms with van der Waals surface area (Å²) in [6.45, 7) is 10.1. The van der Waals surface area contributed by atoms with Gasteiger partial charge in [0.15, 0.2) is 6.10 Å². The van der Waals surface area contributed by atoms with Gasteiger partial charge in [-0.15, -0.1) is 0 Å². The molecule has 1 amide bonds. The lowest BCUT2D eigenvalue weighted by molar-refractivity contribution is -0.122. The molecule has 1 aromatic heterocycles. The van der Waals surface area contributed by atoms with E-state index in [1.807, 2.05) is 55.5 Å². The van der Waals surface area contributed by atoms with E-state index in [1.165, 1.54) is 5.56 Å². The van der Waals surface area contributed by atoms with E-state index in [0.29, 0.717) is 11.6 Å². The van der Waals surface area contributed by atoms with Gasteiger partial charge in [-0.25, -0.2) is 0 Å². The highest BCUT2D eigenvalue weighted by Gasteiger charge is 2.19. The summed E-state index contributed by atoms with van der Waals surface area (Å²) in [5.41, 5.74) is 3.15. The van der Waals surface area contributed by atoms with Crippen molar-refractivity contribution >= 4 is 11.9 Å². The van der Waals surface area contributed by atoms with E-state index in [0.717, 1.165) is 11.1 Å². The largest absolute Gasteiger partial charge is 0.481 e. The second-order valence-electron chi connectivity index (χ2n) is 7.82. The SMILES string of the molecule is Cc1cccc(-c2nc(NC(=O)[C@@H](C)Oc3ccc(C(C)(C)C)cc3)no2)c1. The summed E-state index contributed by atoms with van der Waals surface area (Å²) in [5, 5.41) is 6.44. The van der Waals surface area contributed by atoms with Crippen LogP contribution in [0.1, 0.15) is 38.8 Å². The predicted molar refractivity (Wildman–Crippen MR) is 108 cm³/mol. The van der Waals surface area contributed by atoms with Gasteiger partial charge in [0.05, 0.1) is 0 Å². The summed E-state index contributed by atoms with van der Waals surface area (Å²) in [7, 11) is 0. The Kier molecular flexibility index (Phi) is 5.49. The smallest absolute Gasteiger partial charge is 0.270 e. The van der Waals surface area contributed by atoms with E-state index in [4.69, 9.17) is 9.26 Å². The molecular formula is C22H25N3O3. The molecule has 0 unspecified atom stereocenters. The zero-order valence-electron chi connectivity index (χ0n) is 16.8. The molecule has 1 heterocycles. The van der Waals surface area contributed by atoms with Gasteiger partial charge in [-0.05, 0) is 54.2 Å². The van der Waals surface area contributed by atoms with Crippen LogP contribution in [0.25, 0.3) is 11.5 Å². The van der Waals surface area contributed by atoms with Crippen LogP contribution in [0.15, 0.2) is 53.1 Å². The molecule has 0 radical (unpaired) electrons. The van der Waals surface area contributed by atoms with Crippen LogP contribution in [0.2, 0.25) is 0 Å². The normalized spacial score (nSPS) is 12.5. The number of rotatable bonds is 5. The van der Waals surface area contributed by atoms with Crippen LogP contribution in [0, 0.1) is 6.92 Å². The number of aromatic nitrogens is 2. The van der Waals surface area contributed by atoms with Gasteiger partial charge in [-0.3, -0.25) is 10.1 Å². The number of carbonyl (C=O) groups is 1. The number of ether oxygens (including phenoxy) is 1. The third-order valence-corrected chi connectivity index (χ3v) is 4.33. The lowest BCUT2D eigenvalue weighted by atomic mass is 9.87. The fraction of sp³-hybridized carbons (Fsp3) is 0.318. The highest BCUT2D eigenvalue weighted by molar-refractivity contribution is 5.92. The standard InChI is InChI=1S/C22H25N3O3/c1-14-7-6-8-16(13-14)20-24-21(25-28-20)23-19(26)15(2)27-18-11-9-17(10-12-18)22(3,4)5/h6-13,15H,1-5H3,(H,23,25,26)/t15-/m1/s1. The Balaban J connectivity index is 1.62. The van der Waals surface area contributed by atoms with Crippen molar-refractivity contribution in [2.45, 2.75) is 46.1 Å². The minimum absolute atomic E-state index is 0.0646. The van der Waals surface area contributed by atoms with Crippen LogP contribution in [0.4, 0.5) is 5.95 Å². The molecular weight excluding hydrogens is 354 g/mol. The molecule has 1 N–H and O–H groups in total. The number of aryl methyl sites for hydroxylation is 1. The summed E-state index contributed by atoms with van der Waals surface area (Å²) >= 11 is 0. The first-order chi connectivity index (χ1) is 13.2. The third kappa shape index (κ3) is 4.76. The number of nitrogens with one attached hydrogen (secondary N) is 1. The molecule has 0 aliphatic heterocycles. The van der Waals surface area contributed by atoms with E-state index < -0.39 is 6.10 Å². The van der Waals surface area contributed by atoms with Gasteiger partial charge in [0.1, 0.15) is 5.75 Å². The Morgan fingerprint density at radius 1 is 1.14 bits per heavy atom. The molecule has 0 aliphatic carbocycles. The second kappa shape index (κ2) is 7.84. The number of hydrogen-bond donors (Lipinski definition) is 1. The monoisotopic (exact) mass is 379 g/mol. The van der Waals surface area contributed by atoms with Gasteiger partial charge in [-0.2, -0.15) is 4.98 Å². The Hall–Kier alpha value is -3.15. The topological polar surface area (TPSA) is 77.2 Å². The van der Waals surface area contributed by atoms with Crippen LogP contribution in [0.5, 0.6) is 5.75 Å². The van der Waals surface area contributed by atoms with Crippen molar-refractivity contribution < 1.29 is 14.1 Å². The van der Waals surface area contributed by atoms with Crippen molar-refractivity contribution in [2.24, 2.45) is 0 Å². The minimum Gasteiger partial charge on any atom is -0.481 e. The maximum Gasteiger partial charge on any atom is 0.270 e. The molecule has 146 valence electrons. The first-order valence-corrected chi connectivity index (χ1v) is 9.21. The van der Waals surface area contributed by atoms with E-state index in [9.17, 15) is 4.79 Å². The summed E-state index contributed by atoms with van der Waals surface area (Å²) < 4.78 is 11.0. The van der Waals surface area contributed by atoms with Gasteiger partial charge in [0.25, 0.3) is 17.7 Å². The number of carbonyl (C=O) groups excluding carboxylic acids is 1. The second-order valence-corrected chi connectivity index (χ2v) is 7.82. The quantitative estimate of drug-likeness (QED) is 0.692. The average Bonchev–Trinajstić information content (AvgIpc) is 3.10. The maximum atomic E-state index is 12.4. The van der Waals surface area contributed by atoms with Gasteiger partial charge >= 0.3 is 0 Å². The Morgan fingerprint density at radius 3 is 2.50 bits per heavy atom. The fourth-order valence-corrected chi connectivity index (χ4v) is 2.67. The molecule has 0 spiro atoms. The van der Waals surface area contributed by atoms with Crippen LogP contribution < -0.4 is 10.1 Å². The van der Waals surface area contributed by atoms with E-state index >= 15 is 0 Å². The molecule has 6 heteroatoms. The molecule has 1 atom stereocenters. The maximum absolute atomic E-state index is 12.4. The van der Waals surface area contributed by atoms with Crippen molar-refractivity contribution in [2.75, 3.05) is 5.32 Å². The first-order valence-electron chi connectivity index (χ1n) is 9.21. The number of nitrogens with zero attached hydrogens (tertiary/aromatic N) is 2. The highest BCUT2D eigenvalue weighted by Crippen LogP contribution is 2.25. The summed E-state index contributed by atoms with van der Waals surface area (Å²) in [6, 6.07) is 15.5. The molecule has 3 rings (SSSR count). The molecule has 28 heavy (non-hydrogen) atoms. The van der Waals surface area contributed by atoms with Gasteiger partial charge < -0.3 is 9.26 Å². The predicted octanol–water partition coefficient (Wildman–Crippen LogP) is 4.75. The molecule has 0 aliphatic rings. The molecule has 0 saturated carbocycles. The van der Waals surface area contributed by atoms with Crippen LogP contribution in [0.3, 0.4) is 0 Å². The van der Waals surface area contributed by atoms with Gasteiger partial charge in [-0.1, -0.05) is 50.6 Å². The van der Waals surface area contributed by atoms with Crippen LogP contribution in [-0.2, 0) is 10.2 Å². The third-order valence-electron chi connectivity index (χ3n) is 4.33. The average molecular weight is 379 g/mol. The Bertz CT molecular complexity index is 956. The van der Waals surface area contributed by atoms with Crippen molar-refractivity contribution in [1.82, 2.24) is 10.1 Å². The van der Waals surface area contributed by atoms with Crippen LogP contribution in [-0.4, -0.2) is 22.2 Å². The molecule has 0 fully saturated rings. The van der Waals surface area contributed by atoms with Crippen molar-refractivity contribution in [3.8, 4) is 17.2 Å².